The van der Waals surface area contributed by atoms with Gasteiger partial charge in [-0.25, -0.2) is 0 Å². The molecule has 43 nitrogen and oxygen atoms in total. The van der Waals surface area contributed by atoms with E-state index >= 15 is 0 Å². The zero-order chi connectivity index (χ0) is 73.3. The molecule has 43 heteroatoms. The maximum Gasteiger partial charge on any atom is 0.303 e. The van der Waals surface area contributed by atoms with Crippen LogP contribution >= 0.6 is 0 Å². The third-order valence-corrected chi connectivity index (χ3v) is 16.4. The Kier molecular flexibility index (Phi) is 29.6. The Bertz CT molecular complexity index is 2650. The summed E-state index contributed by atoms with van der Waals surface area (Å²) in [5.41, 5.74) is 0. The standard InChI is InChI=1S/C56H86O43/c1-15(61)83-40-22(8-57)91-51(36(75)32(40)71)80-13-27-30(69)45(97-53-38(77)34(73)42(85-17(3)63)24(10-59)93-53)48(88-20(6)66)55(95-27)82-12-26-29(68)44(47(50(79)90-26)87-19(5)65)99-56-49(89-21(7)67)46(98-54-39(78)35(74)43(86-18(4)64)25(11-60)94-54)31(70)28(96-56)14-81-52-37(76)33(72)41(84-16(2)62)23(9-58)92-52/h22-60,68-79H,8-14H2,1-7H3/t22-,23-,24-,25-,26-,27-,28-,29-,30-,31-,32-,33-,34-,35-,36+,37+,38+,39+,40-,41-,42-,43-,44+,45+,46+,47+,48+,49+,50+,51+,52+,53-,54-,55+,56-/m1/s1. The lowest BCUT2D eigenvalue weighted by atomic mass is 9.95. The maximum atomic E-state index is 13.1. The Balaban J connectivity index is 1.23. The van der Waals surface area contributed by atoms with E-state index in [9.17, 15) is 115 Å². The number of carbonyl (C=O) groups excluding carboxylic acids is 7. The molecule has 568 valence electrons. The molecule has 7 aliphatic rings. The van der Waals surface area contributed by atoms with E-state index in [0.29, 0.717) is 0 Å². The Labute approximate surface area is 560 Å². The van der Waals surface area contributed by atoms with Crippen molar-refractivity contribution in [3.63, 3.8) is 0 Å². The van der Waals surface area contributed by atoms with Gasteiger partial charge in [-0.15, -0.1) is 0 Å². The topological polar surface area (TPSA) is 628 Å². The summed E-state index contributed by atoms with van der Waals surface area (Å²) in [5, 5.41) is 178. The average molecular weight is 1450 g/mol. The van der Waals surface area contributed by atoms with Gasteiger partial charge in [-0.3, -0.25) is 33.6 Å². The van der Waals surface area contributed by atoms with Crippen LogP contribution in [0, 0.1) is 0 Å². The molecule has 0 bridgehead atoms. The van der Waals surface area contributed by atoms with Crippen molar-refractivity contribution < 1.29 is 210 Å². The molecule has 0 spiro atoms. The van der Waals surface area contributed by atoms with E-state index in [0.717, 1.165) is 48.5 Å². The minimum absolute atomic E-state index is 0.821. The predicted octanol–water partition coefficient (Wildman–Crippen LogP) is -12.3. The first-order valence-corrected chi connectivity index (χ1v) is 30.8. The Hall–Kier alpha value is -4.87. The highest BCUT2D eigenvalue weighted by molar-refractivity contribution is 5.68. The molecule has 0 aromatic heterocycles. The first-order chi connectivity index (χ1) is 46.6. The van der Waals surface area contributed by atoms with Gasteiger partial charge in [-0.2, -0.15) is 0 Å². The Morgan fingerprint density at radius 1 is 0.242 bits per heavy atom. The summed E-state index contributed by atoms with van der Waals surface area (Å²) in [7, 11) is 0. The van der Waals surface area contributed by atoms with E-state index in [1.165, 1.54) is 0 Å². The van der Waals surface area contributed by atoms with Crippen molar-refractivity contribution in [3.05, 3.63) is 0 Å². The van der Waals surface area contributed by atoms with Crippen LogP contribution in [0.25, 0.3) is 0 Å². The molecule has 7 heterocycles. The van der Waals surface area contributed by atoms with Gasteiger partial charge in [0.25, 0.3) is 0 Å². The summed E-state index contributed by atoms with van der Waals surface area (Å²) in [6, 6.07) is 0. The number of hydrogen-bond acceptors (Lipinski definition) is 43. The van der Waals surface area contributed by atoms with Crippen LogP contribution in [0.4, 0.5) is 0 Å². The smallest absolute Gasteiger partial charge is 0.303 e. The summed E-state index contributed by atoms with van der Waals surface area (Å²) >= 11 is 0. The van der Waals surface area contributed by atoms with Crippen LogP contribution in [-0.2, 0) is 128 Å². The fourth-order valence-corrected chi connectivity index (χ4v) is 11.9. The van der Waals surface area contributed by atoms with Crippen LogP contribution in [0.3, 0.4) is 0 Å². The van der Waals surface area contributed by atoms with Gasteiger partial charge in [0.15, 0.2) is 86.8 Å². The van der Waals surface area contributed by atoms with E-state index < -0.39 is 303 Å². The van der Waals surface area contributed by atoms with E-state index in [1.807, 2.05) is 0 Å². The molecule has 0 unspecified atom stereocenters. The molecule has 7 saturated heterocycles. The minimum Gasteiger partial charge on any atom is -0.457 e. The highest BCUT2D eigenvalue weighted by atomic mass is 16.8. The molecule has 7 rings (SSSR count). The summed E-state index contributed by atoms with van der Waals surface area (Å²) in [6.07, 6.45) is -71.3. The van der Waals surface area contributed by atoms with Gasteiger partial charge < -0.3 is 176 Å². The second kappa shape index (κ2) is 36.0. The molecule has 0 radical (unpaired) electrons. The molecule has 99 heavy (non-hydrogen) atoms. The largest absolute Gasteiger partial charge is 0.457 e. The second-order valence-electron chi connectivity index (χ2n) is 23.8. The van der Waals surface area contributed by atoms with E-state index in [-0.39, 0.29) is 0 Å². The van der Waals surface area contributed by atoms with Crippen molar-refractivity contribution in [2.45, 2.75) is 263 Å². The van der Waals surface area contributed by atoms with Crippen LogP contribution in [0.1, 0.15) is 48.5 Å². The molecule has 7 fully saturated rings. The lowest BCUT2D eigenvalue weighted by molar-refractivity contribution is -0.387. The first kappa shape index (κ1) is 81.4. The van der Waals surface area contributed by atoms with Gasteiger partial charge in [-0.05, 0) is 0 Å². The Morgan fingerprint density at radius 3 is 0.778 bits per heavy atom. The van der Waals surface area contributed by atoms with Gasteiger partial charge in [0.2, 0.25) is 0 Å². The van der Waals surface area contributed by atoms with Gasteiger partial charge in [0, 0.05) is 48.5 Å². The monoisotopic (exact) mass is 1450 g/mol. The van der Waals surface area contributed by atoms with Crippen LogP contribution in [-0.4, -0.2) is 385 Å². The molecular weight excluding hydrogens is 1360 g/mol. The second-order valence-corrected chi connectivity index (χ2v) is 23.8. The summed E-state index contributed by atoms with van der Waals surface area (Å²) in [5.74, 6) is -7.50. The van der Waals surface area contributed by atoms with Crippen molar-refractivity contribution in [2.24, 2.45) is 0 Å². The zero-order valence-corrected chi connectivity index (χ0v) is 53.8. The number of aliphatic hydroxyl groups is 16. The normalized spacial score (nSPS) is 44.1. The van der Waals surface area contributed by atoms with E-state index in [4.69, 9.17) is 94.7 Å². The average Bonchev–Trinajstić information content (AvgIpc) is 0.771. The molecule has 16 N–H and O–H groups in total. The number of rotatable bonds is 26. The van der Waals surface area contributed by atoms with Crippen molar-refractivity contribution >= 4 is 41.8 Å². The van der Waals surface area contributed by atoms with Crippen molar-refractivity contribution in [3.8, 4) is 0 Å². The molecule has 0 aromatic rings. The molecule has 0 amide bonds. The highest BCUT2D eigenvalue weighted by Crippen LogP contribution is 2.39. The van der Waals surface area contributed by atoms with E-state index in [2.05, 4.69) is 0 Å². The number of hydrogen-bond donors (Lipinski definition) is 16. The van der Waals surface area contributed by atoms with Crippen LogP contribution in [0.2, 0.25) is 0 Å². The first-order valence-electron chi connectivity index (χ1n) is 30.8. The zero-order valence-electron chi connectivity index (χ0n) is 53.8. The van der Waals surface area contributed by atoms with Gasteiger partial charge in [-0.1, -0.05) is 0 Å². The Morgan fingerprint density at radius 2 is 0.465 bits per heavy atom. The van der Waals surface area contributed by atoms with Crippen molar-refractivity contribution in [2.75, 3.05) is 46.2 Å². The van der Waals surface area contributed by atoms with Crippen LogP contribution in [0.5, 0.6) is 0 Å². The quantitative estimate of drug-likeness (QED) is 0.0282. The molecule has 0 aliphatic carbocycles. The van der Waals surface area contributed by atoms with Gasteiger partial charge in [0.05, 0.1) is 46.2 Å². The molecule has 35 atom stereocenters. The maximum absolute atomic E-state index is 13.1. The predicted molar refractivity (Wildman–Crippen MR) is 299 cm³/mol. The number of aliphatic hydroxyl groups excluding tert-OH is 16. The lowest BCUT2D eigenvalue weighted by Gasteiger charge is -2.49. The third kappa shape index (κ3) is 19.7. The highest BCUT2D eigenvalue weighted by Gasteiger charge is 2.60. The molecule has 7 aliphatic heterocycles. The molecule has 0 aromatic carbocycles. The fraction of sp³-hybridized carbons (Fsp3) is 0.875. The summed E-state index contributed by atoms with van der Waals surface area (Å²) in [6.45, 7) is -0.776. The van der Waals surface area contributed by atoms with Crippen LogP contribution < -0.4 is 0 Å². The van der Waals surface area contributed by atoms with E-state index in [1.54, 1.807) is 0 Å². The van der Waals surface area contributed by atoms with Crippen molar-refractivity contribution in [1.82, 2.24) is 0 Å². The summed E-state index contributed by atoms with van der Waals surface area (Å²) < 4.78 is 113. The number of esters is 7. The molecule has 0 saturated carbocycles. The van der Waals surface area contributed by atoms with Gasteiger partial charge in [0.1, 0.15) is 128 Å². The molecular formula is C56H86O43. The number of carbonyl (C=O) groups is 7. The number of ether oxygens (including phenoxy) is 20. The fourth-order valence-electron chi connectivity index (χ4n) is 11.9. The third-order valence-electron chi connectivity index (χ3n) is 16.4. The van der Waals surface area contributed by atoms with Crippen molar-refractivity contribution in [1.29, 1.82) is 0 Å². The van der Waals surface area contributed by atoms with Gasteiger partial charge >= 0.3 is 41.8 Å². The minimum atomic E-state index is -2.43. The SMILES string of the molecule is CC(=O)O[C@@H]1[C@@H](OC[C@H]2O[C@H](O)[C@@H](OC(C)=O)[C@@H](O[C@H]3O[C@H](CO[C@H]4O[C@H](CO)[C@@H](OC(C)=O)[C@H](O)[C@@H]4O)[C@@H](O)[C@H](O[C@H]4O[C@H](CO)[C@@H](OC(C)=O)[C@H](O)[C@@H]4O)[C@@H]3OC(C)=O)[C@@H]2O)O[C@H](CO[C@H]2O[C@H](CO)[C@@H](OC(C)=O)[C@H](O)[C@@H]2O)[C@@H](O)[C@@H]1O[C@H]1O[C@H](CO)[C@@H](OC(C)=O)[C@H](O)[C@@H]1O. The lowest BCUT2D eigenvalue weighted by Crippen LogP contribution is -2.68. The summed E-state index contributed by atoms with van der Waals surface area (Å²) in [4.78, 5) is 86.6. The van der Waals surface area contributed by atoms with Crippen LogP contribution in [0.15, 0.2) is 0 Å².